The Morgan fingerprint density at radius 1 is 1.71 bits per heavy atom. The van der Waals surface area contributed by atoms with Gasteiger partial charge in [0.25, 0.3) is 5.91 Å². The molecule has 4 nitrogen and oxygen atoms in total. The predicted octanol–water partition coefficient (Wildman–Crippen LogP) is 0.671. The lowest BCUT2D eigenvalue weighted by Gasteiger charge is -2.32. The molecule has 1 aliphatic carbocycles. The summed E-state index contributed by atoms with van der Waals surface area (Å²) in [4.78, 5) is 16.4. The molecule has 0 saturated heterocycles. The number of carbonyl (C=O) groups excluding carboxylic acids is 1. The molecule has 0 bridgehead atoms. The van der Waals surface area contributed by atoms with Gasteiger partial charge in [0.1, 0.15) is 4.88 Å². The monoisotopic (exact) mass is 211 g/mol. The number of aromatic nitrogens is 1. The van der Waals surface area contributed by atoms with Gasteiger partial charge in [-0.15, -0.1) is 11.3 Å². The first-order chi connectivity index (χ1) is 6.66. The second-order valence-electron chi connectivity index (χ2n) is 3.67. The molecule has 1 aliphatic rings. The molecule has 1 heterocycles. The Morgan fingerprint density at radius 2 is 2.43 bits per heavy atom. The molecule has 1 saturated carbocycles. The third-order valence-corrected chi connectivity index (χ3v) is 3.39. The summed E-state index contributed by atoms with van der Waals surface area (Å²) in [5, 5.41) is 2.94. The summed E-state index contributed by atoms with van der Waals surface area (Å²) in [5.41, 5.74) is 8.13. The highest BCUT2D eigenvalue weighted by atomic mass is 32.1. The second kappa shape index (κ2) is 3.67. The quantitative estimate of drug-likeness (QED) is 0.755. The number of aryl methyl sites for hydroxylation is 1. The van der Waals surface area contributed by atoms with E-state index in [1.54, 1.807) is 5.51 Å². The maximum atomic E-state index is 11.7. The van der Waals surface area contributed by atoms with Crippen molar-refractivity contribution in [2.75, 3.05) is 0 Å². The summed E-state index contributed by atoms with van der Waals surface area (Å²) in [6.45, 7) is 1.85. The highest BCUT2D eigenvalue weighted by Gasteiger charge is 2.28. The molecule has 1 fully saturated rings. The number of nitrogens with one attached hydrogen (secondary N) is 1. The first kappa shape index (κ1) is 9.61. The van der Waals surface area contributed by atoms with E-state index in [1.807, 2.05) is 6.92 Å². The van der Waals surface area contributed by atoms with E-state index in [0.29, 0.717) is 4.88 Å². The van der Waals surface area contributed by atoms with E-state index in [-0.39, 0.29) is 18.0 Å². The van der Waals surface area contributed by atoms with Crippen LogP contribution in [0.1, 0.15) is 28.2 Å². The Bertz CT molecular complexity index is 344. The van der Waals surface area contributed by atoms with Crippen molar-refractivity contribution in [3.05, 3.63) is 16.1 Å². The smallest absolute Gasteiger partial charge is 0.263 e. The van der Waals surface area contributed by atoms with Gasteiger partial charge in [-0.2, -0.15) is 0 Å². The summed E-state index contributed by atoms with van der Waals surface area (Å²) in [6.07, 6.45) is 1.78. The number of hydrogen-bond donors (Lipinski definition) is 2. The number of hydrogen-bond acceptors (Lipinski definition) is 4. The van der Waals surface area contributed by atoms with Gasteiger partial charge in [0.2, 0.25) is 0 Å². The molecular formula is C9H13N3OS. The Kier molecular flexibility index (Phi) is 2.52. The lowest BCUT2D eigenvalue weighted by Crippen LogP contribution is -2.50. The van der Waals surface area contributed by atoms with E-state index in [4.69, 9.17) is 5.73 Å². The molecule has 5 heteroatoms. The fourth-order valence-electron chi connectivity index (χ4n) is 1.55. The Hall–Kier alpha value is -0.940. The molecule has 14 heavy (non-hydrogen) atoms. The number of nitrogens with zero attached hydrogens (tertiary/aromatic N) is 1. The van der Waals surface area contributed by atoms with Gasteiger partial charge in [0, 0.05) is 12.1 Å². The van der Waals surface area contributed by atoms with E-state index >= 15 is 0 Å². The standard InChI is InChI=1S/C9H13N3OS/c1-5-8(14-4-11-5)9(13)12-7-2-6(10)3-7/h4,6-7H,2-3,10H2,1H3,(H,12,13). The minimum absolute atomic E-state index is 0.0121. The highest BCUT2D eigenvalue weighted by Crippen LogP contribution is 2.19. The number of carbonyl (C=O) groups is 1. The van der Waals surface area contributed by atoms with Gasteiger partial charge in [-0.1, -0.05) is 0 Å². The summed E-state index contributed by atoms with van der Waals surface area (Å²) in [5.74, 6) is -0.0121. The van der Waals surface area contributed by atoms with Crippen LogP contribution in [-0.2, 0) is 0 Å². The molecule has 2 rings (SSSR count). The molecule has 1 amide bonds. The van der Waals surface area contributed by atoms with Crippen molar-refractivity contribution in [1.29, 1.82) is 0 Å². The Morgan fingerprint density at radius 3 is 2.93 bits per heavy atom. The SMILES string of the molecule is Cc1ncsc1C(=O)NC1CC(N)C1. The van der Waals surface area contributed by atoms with Crippen LogP contribution in [0.15, 0.2) is 5.51 Å². The Labute approximate surface area is 86.5 Å². The molecule has 1 aromatic heterocycles. The van der Waals surface area contributed by atoms with Crippen LogP contribution in [0.2, 0.25) is 0 Å². The molecule has 0 unspecified atom stereocenters. The van der Waals surface area contributed by atoms with E-state index in [9.17, 15) is 4.79 Å². The predicted molar refractivity (Wildman–Crippen MR) is 55.3 cm³/mol. The zero-order chi connectivity index (χ0) is 10.1. The van der Waals surface area contributed by atoms with Crippen LogP contribution in [0.4, 0.5) is 0 Å². The molecule has 76 valence electrons. The molecule has 0 atom stereocenters. The fourth-order valence-corrected chi connectivity index (χ4v) is 2.26. The lowest BCUT2D eigenvalue weighted by atomic mass is 9.87. The molecule has 1 aromatic rings. The van der Waals surface area contributed by atoms with Gasteiger partial charge in [0.15, 0.2) is 0 Å². The molecular weight excluding hydrogens is 198 g/mol. The van der Waals surface area contributed by atoms with E-state index < -0.39 is 0 Å². The van der Waals surface area contributed by atoms with Crippen molar-refractivity contribution in [2.24, 2.45) is 5.73 Å². The molecule has 3 N–H and O–H groups in total. The topological polar surface area (TPSA) is 68.0 Å². The van der Waals surface area contributed by atoms with Crippen LogP contribution in [-0.4, -0.2) is 23.0 Å². The minimum atomic E-state index is -0.0121. The first-order valence-electron chi connectivity index (χ1n) is 4.63. The average molecular weight is 211 g/mol. The zero-order valence-electron chi connectivity index (χ0n) is 7.99. The van der Waals surface area contributed by atoms with Crippen molar-refractivity contribution in [3.63, 3.8) is 0 Å². The molecule has 0 spiro atoms. The maximum absolute atomic E-state index is 11.7. The van der Waals surface area contributed by atoms with Crippen molar-refractivity contribution >= 4 is 17.2 Å². The van der Waals surface area contributed by atoms with Gasteiger partial charge < -0.3 is 11.1 Å². The third kappa shape index (κ3) is 1.78. The number of thiazole rings is 1. The van der Waals surface area contributed by atoms with Crippen LogP contribution in [0.25, 0.3) is 0 Å². The molecule has 0 aliphatic heterocycles. The number of nitrogens with two attached hydrogens (primary N) is 1. The van der Waals surface area contributed by atoms with Crippen LogP contribution < -0.4 is 11.1 Å². The maximum Gasteiger partial charge on any atom is 0.263 e. The van der Waals surface area contributed by atoms with Crippen molar-refractivity contribution in [3.8, 4) is 0 Å². The van der Waals surface area contributed by atoms with Gasteiger partial charge in [-0.25, -0.2) is 4.98 Å². The van der Waals surface area contributed by atoms with Crippen LogP contribution in [0.5, 0.6) is 0 Å². The van der Waals surface area contributed by atoms with E-state index in [1.165, 1.54) is 11.3 Å². The largest absolute Gasteiger partial charge is 0.348 e. The van der Waals surface area contributed by atoms with Crippen molar-refractivity contribution in [2.45, 2.75) is 31.8 Å². The average Bonchev–Trinajstić information content (AvgIpc) is 2.48. The second-order valence-corrected chi connectivity index (χ2v) is 4.52. The normalized spacial score (nSPS) is 25.6. The van der Waals surface area contributed by atoms with Gasteiger partial charge in [-0.05, 0) is 19.8 Å². The summed E-state index contributed by atoms with van der Waals surface area (Å²) >= 11 is 1.38. The van der Waals surface area contributed by atoms with E-state index in [0.717, 1.165) is 18.5 Å². The molecule has 0 aromatic carbocycles. The molecule has 0 radical (unpaired) electrons. The van der Waals surface area contributed by atoms with Gasteiger partial charge in [0.05, 0.1) is 11.2 Å². The highest BCUT2D eigenvalue weighted by molar-refractivity contribution is 7.11. The Balaban J connectivity index is 1.93. The van der Waals surface area contributed by atoms with Crippen molar-refractivity contribution in [1.82, 2.24) is 10.3 Å². The van der Waals surface area contributed by atoms with Crippen LogP contribution in [0, 0.1) is 6.92 Å². The van der Waals surface area contributed by atoms with E-state index in [2.05, 4.69) is 10.3 Å². The first-order valence-corrected chi connectivity index (χ1v) is 5.51. The van der Waals surface area contributed by atoms with Gasteiger partial charge >= 0.3 is 0 Å². The van der Waals surface area contributed by atoms with Crippen LogP contribution in [0.3, 0.4) is 0 Å². The lowest BCUT2D eigenvalue weighted by molar-refractivity contribution is 0.0913. The summed E-state index contributed by atoms with van der Waals surface area (Å²) in [7, 11) is 0. The zero-order valence-corrected chi connectivity index (χ0v) is 8.80. The fraction of sp³-hybridized carbons (Fsp3) is 0.556. The van der Waals surface area contributed by atoms with Crippen LogP contribution >= 0.6 is 11.3 Å². The number of amides is 1. The summed E-state index contributed by atoms with van der Waals surface area (Å²) in [6, 6.07) is 0.529. The number of rotatable bonds is 2. The summed E-state index contributed by atoms with van der Waals surface area (Å²) < 4.78 is 0. The van der Waals surface area contributed by atoms with Gasteiger partial charge in [-0.3, -0.25) is 4.79 Å². The van der Waals surface area contributed by atoms with Crippen molar-refractivity contribution < 1.29 is 4.79 Å². The third-order valence-electron chi connectivity index (χ3n) is 2.46. The minimum Gasteiger partial charge on any atom is -0.348 e.